The quantitative estimate of drug-likeness (QED) is 0.373. The molecule has 5 heteroatoms. The Balaban J connectivity index is 2.04. The van der Waals surface area contributed by atoms with E-state index < -0.39 is 4.92 Å². The van der Waals surface area contributed by atoms with Crippen molar-refractivity contribution in [2.75, 3.05) is 11.9 Å². The third-order valence-electron chi connectivity index (χ3n) is 4.72. The fraction of sp³-hybridized carbons (Fsp3) is 0.211. The van der Waals surface area contributed by atoms with Crippen LogP contribution in [0.5, 0.6) is 0 Å². The summed E-state index contributed by atoms with van der Waals surface area (Å²) in [7, 11) is 1.95. The molecule has 1 unspecified atom stereocenters. The lowest BCUT2D eigenvalue weighted by molar-refractivity contribution is -0.384. The predicted molar refractivity (Wildman–Crippen MR) is 93.1 cm³/mol. The van der Waals surface area contributed by atoms with Crippen molar-refractivity contribution in [1.29, 1.82) is 0 Å². The Morgan fingerprint density at radius 1 is 1.17 bits per heavy atom. The fourth-order valence-corrected chi connectivity index (χ4v) is 3.56. The zero-order valence-electron chi connectivity index (χ0n) is 13.6. The number of carbonyl (C=O) groups is 1. The smallest absolute Gasteiger partial charge is 0.269 e. The minimum atomic E-state index is -0.401. The summed E-state index contributed by atoms with van der Waals surface area (Å²) in [4.78, 5) is 23.6. The van der Waals surface area contributed by atoms with Crippen molar-refractivity contribution in [2.45, 2.75) is 18.8 Å². The number of hydrogen-bond donors (Lipinski definition) is 0. The van der Waals surface area contributed by atoms with Crippen LogP contribution < -0.4 is 4.90 Å². The number of anilines is 1. The molecule has 1 heterocycles. The highest BCUT2D eigenvalue weighted by Gasteiger charge is 2.42. The van der Waals surface area contributed by atoms with Gasteiger partial charge in [-0.3, -0.25) is 14.9 Å². The summed E-state index contributed by atoms with van der Waals surface area (Å²) < 4.78 is 0. The van der Waals surface area contributed by atoms with Crippen LogP contribution in [0.1, 0.15) is 18.1 Å². The van der Waals surface area contributed by atoms with Gasteiger partial charge >= 0.3 is 0 Å². The Kier molecular flexibility index (Phi) is 3.93. The Hall–Kier alpha value is -2.95. The van der Waals surface area contributed by atoms with Gasteiger partial charge in [-0.15, -0.1) is 0 Å². The number of nitro groups is 1. The summed E-state index contributed by atoms with van der Waals surface area (Å²) in [6, 6.07) is 14.7. The zero-order chi connectivity index (χ0) is 17.3. The standard InChI is InChI=1S/C19H18N2O3/c1-19(13-14-7-9-15(10-8-14)21(23)24)16-5-3-4-6-17(16)20(2)18(19)11-12-22/h3-12H,13H2,1-2H3/b18-11-. The Bertz CT molecular complexity index is 827. The average molecular weight is 322 g/mol. The van der Waals surface area contributed by atoms with Crippen LogP contribution in [0.2, 0.25) is 0 Å². The normalized spacial score (nSPS) is 20.9. The first-order valence-corrected chi connectivity index (χ1v) is 7.70. The molecule has 0 saturated carbocycles. The van der Waals surface area contributed by atoms with Crippen molar-refractivity contribution in [3.63, 3.8) is 0 Å². The van der Waals surface area contributed by atoms with E-state index in [1.54, 1.807) is 18.2 Å². The number of rotatable bonds is 4. The van der Waals surface area contributed by atoms with Gasteiger partial charge in [-0.05, 0) is 36.6 Å². The monoisotopic (exact) mass is 322 g/mol. The van der Waals surface area contributed by atoms with Crippen LogP contribution in [-0.2, 0) is 16.6 Å². The van der Waals surface area contributed by atoms with E-state index in [1.165, 1.54) is 12.1 Å². The lowest BCUT2D eigenvalue weighted by atomic mass is 9.76. The first-order valence-electron chi connectivity index (χ1n) is 7.70. The summed E-state index contributed by atoms with van der Waals surface area (Å²) >= 11 is 0. The van der Waals surface area contributed by atoms with Crippen molar-refractivity contribution in [3.05, 3.63) is 81.5 Å². The number of nitro benzene ring substituents is 1. The maximum absolute atomic E-state index is 11.1. The number of benzene rings is 2. The third kappa shape index (κ3) is 2.48. The Morgan fingerprint density at radius 2 is 1.83 bits per heavy atom. The fourth-order valence-electron chi connectivity index (χ4n) is 3.56. The van der Waals surface area contributed by atoms with Crippen molar-refractivity contribution >= 4 is 17.7 Å². The highest BCUT2D eigenvalue weighted by atomic mass is 16.6. The number of non-ortho nitro benzene ring substituents is 1. The molecule has 0 spiro atoms. The lowest BCUT2D eigenvalue weighted by Crippen LogP contribution is -2.29. The summed E-state index contributed by atoms with van der Waals surface area (Å²) in [6.07, 6.45) is 3.07. The molecule has 122 valence electrons. The maximum atomic E-state index is 11.1. The van der Waals surface area contributed by atoms with Crippen LogP contribution in [0.3, 0.4) is 0 Å². The highest BCUT2D eigenvalue weighted by molar-refractivity contribution is 5.77. The molecular weight excluding hydrogens is 304 g/mol. The number of likely N-dealkylation sites (N-methyl/N-ethyl adjacent to an activating group) is 1. The number of allylic oxidation sites excluding steroid dienone is 2. The number of carbonyl (C=O) groups excluding carboxylic acids is 1. The third-order valence-corrected chi connectivity index (χ3v) is 4.72. The summed E-state index contributed by atoms with van der Waals surface area (Å²) in [6.45, 7) is 2.10. The molecule has 0 radical (unpaired) electrons. The van der Waals surface area contributed by atoms with E-state index in [-0.39, 0.29) is 11.1 Å². The zero-order valence-corrected chi connectivity index (χ0v) is 13.6. The molecule has 5 nitrogen and oxygen atoms in total. The van der Waals surface area contributed by atoms with Crippen LogP contribution in [0.15, 0.2) is 60.3 Å². The summed E-state index contributed by atoms with van der Waals surface area (Å²) in [5.41, 5.74) is 3.87. The van der Waals surface area contributed by atoms with Crippen LogP contribution >= 0.6 is 0 Å². The van der Waals surface area contributed by atoms with Gasteiger partial charge in [0.25, 0.3) is 5.69 Å². The molecule has 0 saturated heterocycles. The number of fused-ring (bicyclic) bond motifs is 1. The second kappa shape index (κ2) is 5.92. The molecule has 1 aliphatic heterocycles. The number of aldehydes is 1. The minimum absolute atomic E-state index is 0.0801. The van der Waals surface area contributed by atoms with Crippen LogP contribution in [0.4, 0.5) is 11.4 Å². The molecule has 2 aromatic carbocycles. The van der Waals surface area contributed by atoms with Crippen LogP contribution in [0, 0.1) is 10.1 Å². The molecule has 0 bridgehead atoms. The van der Waals surface area contributed by atoms with Gasteiger partial charge in [0.1, 0.15) is 6.29 Å². The van der Waals surface area contributed by atoms with Crippen molar-refractivity contribution in [2.24, 2.45) is 0 Å². The molecule has 0 fully saturated rings. The number of nitrogens with zero attached hydrogens (tertiary/aromatic N) is 2. The first-order chi connectivity index (χ1) is 11.5. The molecular formula is C19H18N2O3. The highest BCUT2D eigenvalue weighted by Crippen LogP contribution is 2.48. The predicted octanol–water partition coefficient (Wildman–Crippen LogP) is 3.63. The summed E-state index contributed by atoms with van der Waals surface area (Å²) in [5, 5.41) is 10.8. The van der Waals surface area contributed by atoms with Gasteiger partial charge in [-0.2, -0.15) is 0 Å². The molecule has 3 rings (SSSR count). The van der Waals surface area contributed by atoms with Gasteiger partial charge in [0.2, 0.25) is 0 Å². The second-order valence-electron chi connectivity index (χ2n) is 6.20. The van der Waals surface area contributed by atoms with E-state index in [9.17, 15) is 14.9 Å². The Morgan fingerprint density at radius 3 is 2.46 bits per heavy atom. The molecule has 0 aliphatic carbocycles. The topological polar surface area (TPSA) is 63.5 Å². The lowest BCUT2D eigenvalue weighted by Gasteiger charge is -2.28. The first kappa shape index (κ1) is 15.9. The van der Waals surface area contributed by atoms with Gasteiger partial charge < -0.3 is 4.90 Å². The van der Waals surface area contributed by atoms with Crippen molar-refractivity contribution in [1.82, 2.24) is 0 Å². The van der Waals surface area contributed by atoms with E-state index >= 15 is 0 Å². The molecule has 24 heavy (non-hydrogen) atoms. The van der Waals surface area contributed by atoms with Crippen molar-refractivity contribution < 1.29 is 9.72 Å². The molecule has 0 amide bonds. The van der Waals surface area contributed by atoms with Crippen LogP contribution in [-0.4, -0.2) is 18.3 Å². The number of hydrogen-bond acceptors (Lipinski definition) is 4. The van der Waals surface area contributed by atoms with Crippen LogP contribution in [0.25, 0.3) is 0 Å². The van der Waals surface area contributed by atoms with Gasteiger partial charge in [0.15, 0.2) is 0 Å². The molecule has 1 aliphatic rings. The second-order valence-corrected chi connectivity index (χ2v) is 6.20. The molecule has 2 aromatic rings. The molecule has 1 atom stereocenters. The van der Waals surface area contributed by atoms with Gasteiger partial charge in [-0.1, -0.05) is 30.3 Å². The van der Waals surface area contributed by atoms with Gasteiger partial charge in [0.05, 0.1) is 4.92 Å². The van der Waals surface area contributed by atoms with E-state index in [1.807, 2.05) is 30.1 Å². The Labute approximate surface area is 140 Å². The minimum Gasteiger partial charge on any atom is -0.347 e. The van der Waals surface area contributed by atoms with Gasteiger partial charge in [-0.25, -0.2) is 0 Å². The molecule has 0 aromatic heterocycles. The van der Waals surface area contributed by atoms with E-state index in [0.717, 1.165) is 28.8 Å². The summed E-state index contributed by atoms with van der Waals surface area (Å²) in [5.74, 6) is 0. The average Bonchev–Trinajstić information content (AvgIpc) is 2.78. The number of para-hydroxylation sites is 1. The van der Waals surface area contributed by atoms with E-state index in [2.05, 4.69) is 13.0 Å². The van der Waals surface area contributed by atoms with E-state index in [0.29, 0.717) is 6.42 Å². The molecule has 0 N–H and O–H groups in total. The van der Waals surface area contributed by atoms with E-state index in [4.69, 9.17) is 0 Å². The maximum Gasteiger partial charge on any atom is 0.269 e. The SMILES string of the molecule is CN1/C(=C\C=O)C(C)(Cc2ccc([N+](=O)[O-])cc2)c2ccccc21. The largest absolute Gasteiger partial charge is 0.347 e. The van der Waals surface area contributed by atoms with Crippen molar-refractivity contribution in [3.8, 4) is 0 Å². The van der Waals surface area contributed by atoms with Gasteiger partial charge in [0, 0.05) is 36.0 Å².